The number of nitrogens with two attached hydrogens (primary N) is 1. The molecular formula is C12H12N6O. The summed E-state index contributed by atoms with van der Waals surface area (Å²) in [6, 6.07) is 3.54. The second-order valence-electron chi connectivity index (χ2n) is 4.27. The first-order valence-corrected chi connectivity index (χ1v) is 5.73. The number of hydrogen-bond acceptors (Lipinski definition) is 5. The maximum Gasteiger partial charge on any atom is 0.264 e. The van der Waals surface area contributed by atoms with Gasteiger partial charge in [-0.2, -0.15) is 5.10 Å². The molecule has 0 saturated carbocycles. The first kappa shape index (κ1) is 11.4. The van der Waals surface area contributed by atoms with Gasteiger partial charge in [-0.15, -0.1) is 0 Å². The monoisotopic (exact) mass is 256 g/mol. The molecule has 0 spiro atoms. The van der Waals surface area contributed by atoms with Crippen LogP contribution in [0.1, 0.15) is 5.56 Å². The van der Waals surface area contributed by atoms with Gasteiger partial charge in [0.15, 0.2) is 5.65 Å². The number of aromatic nitrogens is 5. The molecule has 0 aliphatic heterocycles. The van der Waals surface area contributed by atoms with E-state index in [-0.39, 0.29) is 5.56 Å². The smallest absolute Gasteiger partial charge is 0.264 e. The molecule has 0 atom stereocenters. The molecule has 0 saturated heterocycles. The third-order valence-corrected chi connectivity index (χ3v) is 2.92. The van der Waals surface area contributed by atoms with Crippen LogP contribution in [0.5, 0.6) is 0 Å². The third-order valence-electron chi connectivity index (χ3n) is 2.92. The van der Waals surface area contributed by atoms with Gasteiger partial charge >= 0.3 is 0 Å². The summed E-state index contributed by atoms with van der Waals surface area (Å²) in [4.78, 5) is 20.5. The topological polar surface area (TPSA) is 91.6 Å². The van der Waals surface area contributed by atoms with Crippen molar-refractivity contribution in [3.8, 4) is 0 Å². The maximum absolute atomic E-state index is 12.2. The molecule has 3 rings (SSSR count). The largest absolute Gasteiger partial charge is 0.384 e. The SMILES string of the molecule is Cn1ncc2c(=O)n(Cc3ccc(N)nc3)cnc21. The van der Waals surface area contributed by atoms with Gasteiger partial charge in [0.1, 0.15) is 17.5 Å². The Kier molecular flexibility index (Phi) is 2.52. The molecule has 3 heterocycles. The Labute approximate surface area is 108 Å². The summed E-state index contributed by atoms with van der Waals surface area (Å²) in [6.45, 7) is 0.407. The van der Waals surface area contributed by atoms with Crippen molar-refractivity contribution in [1.29, 1.82) is 0 Å². The second kappa shape index (κ2) is 4.20. The van der Waals surface area contributed by atoms with E-state index in [1.807, 2.05) is 6.07 Å². The number of hydrogen-bond donors (Lipinski definition) is 1. The fourth-order valence-electron chi connectivity index (χ4n) is 1.91. The zero-order chi connectivity index (χ0) is 13.4. The molecule has 0 fully saturated rings. The van der Waals surface area contributed by atoms with Crippen LogP contribution in [0, 0.1) is 0 Å². The molecule has 0 amide bonds. The lowest BCUT2D eigenvalue weighted by molar-refractivity contribution is 0.735. The van der Waals surface area contributed by atoms with Crippen LogP contribution in [-0.2, 0) is 13.6 Å². The minimum absolute atomic E-state index is 0.116. The molecular weight excluding hydrogens is 244 g/mol. The maximum atomic E-state index is 12.2. The highest BCUT2D eigenvalue weighted by atomic mass is 16.1. The van der Waals surface area contributed by atoms with Crippen LogP contribution in [-0.4, -0.2) is 24.3 Å². The van der Waals surface area contributed by atoms with Crippen LogP contribution in [0.15, 0.2) is 35.6 Å². The Balaban J connectivity index is 2.04. The van der Waals surface area contributed by atoms with Crippen LogP contribution < -0.4 is 11.3 Å². The summed E-state index contributed by atoms with van der Waals surface area (Å²) in [5, 5.41) is 4.54. The predicted molar refractivity (Wildman–Crippen MR) is 70.5 cm³/mol. The van der Waals surface area contributed by atoms with Crippen LogP contribution in [0.4, 0.5) is 5.82 Å². The average molecular weight is 256 g/mol. The summed E-state index contributed by atoms with van der Waals surface area (Å²) in [5.41, 5.74) is 6.88. The number of nitrogen functional groups attached to an aromatic ring is 1. The minimum Gasteiger partial charge on any atom is -0.384 e. The second-order valence-corrected chi connectivity index (χ2v) is 4.27. The molecule has 96 valence electrons. The molecule has 0 unspecified atom stereocenters. The van der Waals surface area contributed by atoms with E-state index in [1.165, 1.54) is 17.1 Å². The van der Waals surface area contributed by atoms with Gasteiger partial charge in [0.05, 0.1) is 12.7 Å². The van der Waals surface area contributed by atoms with Crippen molar-refractivity contribution in [1.82, 2.24) is 24.3 Å². The van der Waals surface area contributed by atoms with E-state index >= 15 is 0 Å². The highest BCUT2D eigenvalue weighted by Gasteiger charge is 2.08. The van der Waals surface area contributed by atoms with Gasteiger partial charge in [-0.1, -0.05) is 6.07 Å². The summed E-state index contributed by atoms with van der Waals surface area (Å²) in [7, 11) is 1.75. The molecule has 0 aromatic carbocycles. The van der Waals surface area contributed by atoms with Gasteiger partial charge in [0.2, 0.25) is 0 Å². The lowest BCUT2D eigenvalue weighted by Crippen LogP contribution is -2.21. The molecule has 7 nitrogen and oxygen atoms in total. The number of fused-ring (bicyclic) bond motifs is 1. The van der Waals surface area contributed by atoms with Crippen molar-refractivity contribution in [2.45, 2.75) is 6.54 Å². The van der Waals surface area contributed by atoms with Gasteiger partial charge in [-0.05, 0) is 11.6 Å². The summed E-state index contributed by atoms with van der Waals surface area (Å²) in [6.07, 6.45) is 4.69. The van der Waals surface area contributed by atoms with Crippen molar-refractivity contribution >= 4 is 16.9 Å². The van der Waals surface area contributed by atoms with Gasteiger partial charge in [0, 0.05) is 13.2 Å². The summed E-state index contributed by atoms with van der Waals surface area (Å²) >= 11 is 0. The van der Waals surface area contributed by atoms with Gasteiger partial charge in [-0.3, -0.25) is 14.0 Å². The molecule has 0 aliphatic rings. The minimum atomic E-state index is -0.116. The highest BCUT2D eigenvalue weighted by molar-refractivity contribution is 5.72. The van der Waals surface area contributed by atoms with Crippen molar-refractivity contribution in [3.63, 3.8) is 0 Å². The first-order chi connectivity index (χ1) is 9.15. The first-order valence-electron chi connectivity index (χ1n) is 5.73. The van der Waals surface area contributed by atoms with E-state index in [1.54, 1.807) is 24.0 Å². The van der Waals surface area contributed by atoms with Gasteiger partial charge in [0.25, 0.3) is 5.56 Å². The van der Waals surface area contributed by atoms with Crippen LogP contribution >= 0.6 is 0 Å². The van der Waals surface area contributed by atoms with Crippen LogP contribution in [0.25, 0.3) is 11.0 Å². The zero-order valence-electron chi connectivity index (χ0n) is 10.3. The molecule has 0 radical (unpaired) electrons. The average Bonchev–Trinajstić information content (AvgIpc) is 2.78. The Bertz CT molecular complexity index is 786. The van der Waals surface area contributed by atoms with E-state index in [2.05, 4.69) is 15.1 Å². The predicted octanol–water partition coefficient (Wildman–Crippen LogP) is 0.155. The fourth-order valence-corrected chi connectivity index (χ4v) is 1.91. The van der Waals surface area contributed by atoms with E-state index in [4.69, 9.17) is 5.73 Å². The van der Waals surface area contributed by atoms with Crippen molar-refractivity contribution in [2.24, 2.45) is 7.05 Å². The van der Waals surface area contributed by atoms with Crippen LogP contribution in [0.2, 0.25) is 0 Å². The van der Waals surface area contributed by atoms with Gasteiger partial charge in [-0.25, -0.2) is 9.97 Å². The molecule has 3 aromatic rings. The number of aryl methyl sites for hydroxylation is 1. The zero-order valence-corrected chi connectivity index (χ0v) is 10.3. The molecule has 19 heavy (non-hydrogen) atoms. The number of anilines is 1. The third kappa shape index (κ3) is 1.95. The Morgan fingerprint density at radius 2 is 2.11 bits per heavy atom. The van der Waals surface area contributed by atoms with E-state index in [0.717, 1.165) is 5.56 Å². The Morgan fingerprint density at radius 1 is 1.26 bits per heavy atom. The number of rotatable bonds is 2. The molecule has 7 heteroatoms. The lowest BCUT2D eigenvalue weighted by atomic mass is 10.3. The van der Waals surface area contributed by atoms with Crippen LogP contribution in [0.3, 0.4) is 0 Å². The van der Waals surface area contributed by atoms with Gasteiger partial charge < -0.3 is 5.73 Å². The Morgan fingerprint density at radius 3 is 2.84 bits per heavy atom. The standard InChI is InChI=1S/C12H12N6O/c1-17-11-9(5-16-17)12(19)18(7-15-11)6-8-2-3-10(13)14-4-8/h2-5,7H,6H2,1H3,(H2,13,14). The molecule has 0 aliphatic carbocycles. The molecule has 0 bridgehead atoms. The number of nitrogens with zero attached hydrogens (tertiary/aromatic N) is 5. The summed E-state index contributed by atoms with van der Waals surface area (Å²) in [5.74, 6) is 0.455. The normalized spacial score (nSPS) is 11.0. The Hall–Kier alpha value is -2.70. The molecule has 2 N–H and O–H groups in total. The lowest BCUT2D eigenvalue weighted by Gasteiger charge is -2.05. The quantitative estimate of drug-likeness (QED) is 0.705. The van der Waals surface area contributed by atoms with E-state index in [9.17, 15) is 4.79 Å². The highest BCUT2D eigenvalue weighted by Crippen LogP contribution is 2.06. The van der Waals surface area contributed by atoms with E-state index in [0.29, 0.717) is 23.4 Å². The number of pyridine rings is 1. The molecule has 3 aromatic heterocycles. The van der Waals surface area contributed by atoms with Crippen molar-refractivity contribution in [3.05, 3.63) is 46.8 Å². The van der Waals surface area contributed by atoms with E-state index < -0.39 is 0 Å². The van der Waals surface area contributed by atoms with Crippen molar-refractivity contribution in [2.75, 3.05) is 5.73 Å². The fraction of sp³-hybridized carbons (Fsp3) is 0.167. The summed E-state index contributed by atoms with van der Waals surface area (Å²) < 4.78 is 3.10. The van der Waals surface area contributed by atoms with Crippen molar-refractivity contribution < 1.29 is 0 Å².